The van der Waals surface area contributed by atoms with Crippen LogP contribution in [0.2, 0.25) is 5.02 Å². The standard InChI is InChI=1S/C19H15ClF3NO7.C15H16F3N5O4S.C14H17N5O7S2.C3H8NO5P.C3H9S/c1-3-29-17(25)10(2)30-18(26)13-9-12(5-6-15(13)24(27)28)31-16-7-4-11(8-14(16)20)19(21,22)23;1-9-19-12(22-14(20-9)27-2)21-13(24)23-28(25,26)11-6-4-3-5-10(11)7-8-15(16,17)18;1-4-27(21,22)9-6-5-7-15-12(9)28(23,24)19-14(20)18-13-16-10(25-2)8-11(17-13)26-3;5-3(6)1-4-2-10(7,8)9;1-4(2)3/h4-10H,3H2,1-2H3;3-6H,7-8H2,1-2H3,(H2,19,20,21,22,23,24);5-8H,4H2,1-3H3,(H2,16,17,18,19,20);4H,1-2H2,(H,5,6)(H2,7,8,9);1-3H3/q;;;;+1/p-1. The molecule has 3 aromatic heterocycles. The zero-order valence-electron chi connectivity index (χ0n) is 54.2. The van der Waals surface area contributed by atoms with E-state index >= 15 is 0 Å². The first-order valence-electron chi connectivity index (χ1n) is 27.6. The van der Waals surface area contributed by atoms with Crippen molar-refractivity contribution in [3.8, 4) is 29.3 Å². The van der Waals surface area contributed by atoms with Gasteiger partial charge in [0.2, 0.25) is 23.7 Å². The van der Waals surface area contributed by atoms with E-state index in [2.05, 4.69) is 59.3 Å². The van der Waals surface area contributed by atoms with Crippen LogP contribution >= 0.6 is 19.2 Å². The Hall–Kier alpha value is -9.37. The molecule has 4 amide bonds. The van der Waals surface area contributed by atoms with Crippen LogP contribution in [0.25, 0.3) is 0 Å². The molecule has 0 saturated carbocycles. The first-order chi connectivity index (χ1) is 46.7. The highest BCUT2D eigenvalue weighted by Crippen LogP contribution is 2.38. The predicted molar refractivity (Wildman–Crippen MR) is 344 cm³/mol. The van der Waals surface area contributed by atoms with Crippen LogP contribution < -0.4 is 49.2 Å². The molecule has 556 valence electrons. The highest BCUT2D eigenvalue weighted by molar-refractivity contribution is 7.94. The van der Waals surface area contributed by atoms with Crippen molar-refractivity contribution < 1.29 is 128 Å². The summed E-state index contributed by atoms with van der Waals surface area (Å²) in [5.74, 6) is -4.10. The number of nitro benzene ring substituents is 1. The van der Waals surface area contributed by atoms with E-state index in [0.29, 0.717) is 17.0 Å². The van der Waals surface area contributed by atoms with Gasteiger partial charge in [-0.3, -0.25) is 30.9 Å². The number of esters is 2. The second-order valence-electron chi connectivity index (χ2n) is 19.3. The Kier molecular flexibility index (Phi) is 34.4. The van der Waals surface area contributed by atoms with Gasteiger partial charge in [0.25, 0.3) is 25.7 Å². The molecule has 7 N–H and O–H groups in total. The Morgan fingerprint density at radius 3 is 1.84 bits per heavy atom. The molecule has 47 heteroatoms. The lowest BCUT2D eigenvalue weighted by molar-refractivity contribution is -0.385. The minimum absolute atomic E-state index is 0.0398. The smallest absolute Gasteiger partial charge is 0.416 e. The zero-order valence-corrected chi connectivity index (χ0v) is 59.1. The van der Waals surface area contributed by atoms with Crippen molar-refractivity contribution in [2.45, 2.75) is 73.8 Å². The molecule has 0 aliphatic carbocycles. The number of nitro groups is 1. The van der Waals surface area contributed by atoms with E-state index in [1.807, 2.05) is 5.32 Å². The average Bonchev–Trinajstić information content (AvgIpc) is 0.796. The monoisotopic (exact) mass is 1560 g/mol. The van der Waals surface area contributed by atoms with Crippen molar-refractivity contribution >= 4 is 108 Å². The summed E-state index contributed by atoms with van der Waals surface area (Å²) < 4.78 is 193. The van der Waals surface area contributed by atoms with Gasteiger partial charge in [0.15, 0.2) is 21.0 Å². The van der Waals surface area contributed by atoms with Crippen LogP contribution in [-0.4, -0.2) is 178 Å². The third-order valence-electron chi connectivity index (χ3n) is 10.9. The first-order valence-corrected chi connectivity index (χ1v) is 36.8. The minimum Gasteiger partial charge on any atom is -0.778 e. The quantitative estimate of drug-likeness (QED) is 0.00883. The first kappa shape index (κ1) is 87.7. The van der Waals surface area contributed by atoms with Crippen molar-refractivity contribution in [1.29, 1.82) is 0 Å². The Balaban J connectivity index is 0.000000470. The van der Waals surface area contributed by atoms with Crippen molar-refractivity contribution in [2.75, 3.05) is 75.9 Å². The van der Waals surface area contributed by atoms with E-state index in [9.17, 15) is 95.1 Å². The topological polar surface area (TPSA) is 504 Å². The molecule has 0 radical (unpaired) electrons. The van der Waals surface area contributed by atoms with E-state index in [1.54, 1.807) is 16.4 Å². The highest BCUT2D eigenvalue weighted by Gasteiger charge is 2.33. The number of amides is 4. The lowest BCUT2D eigenvalue weighted by atomic mass is 10.1. The number of halogens is 7. The number of aryl methyl sites for hydroxylation is 2. The van der Waals surface area contributed by atoms with E-state index in [0.717, 1.165) is 48.7 Å². The number of methoxy groups -OCH3 is 3. The van der Waals surface area contributed by atoms with Gasteiger partial charge in [-0.1, -0.05) is 36.7 Å². The summed E-state index contributed by atoms with van der Waals surface area (Å²) in [7, 11) is -12.7. The maximum Gasteiger partial charge on any atom is 0.416 e. The molecular formula is C54H64ClF6N12O23PS4. The second-order valence-corrected chi connectivity index (χ2v) is 29.3. The molecule has 6 aromatic rings. The van der Waals surface area contributed by atoms with Crippen molar-refractivity contribution in [3.05, 3.63) is 123 Å². The molecule has 101 heavy (non-hydrogen) atoms. The lowest BCUT2D eigenvalue weighted by Crippen LogP contribution is -2.36. The summed E-state index contributed by atoms with van der Waals surface area (Å²) in [5, 5.41) is 24.3. The van der Waals surface area contributed by atoms with Gasteiger partial charge in [-0.15, -0.1) is 0 Å². The van der Waals surface area contributed by atoms with E-state index in [1.165, 1.54) is 72.4 Å². The van der Waals surface area contributed by atoms with E-state index < -0.39 is 148 Å². The van der Waals surface area contributed by atoms with Crippen LogP contribution in [0.15, 0.2) is 99.9 Å². The maximum absolute atomic E-state index is 12.8. The number of pyridine rings is 1. The number of carbonyl (C=O) groups excluding carboxylic acids is 4. The molecule has 2 atom stereocenters. The summed E-state index contributed by atoms with van der Waals surface area (Å²) in [6.07, 6.45) is -5.17. The van der Waals surface area contributed by atoms with Gasteiger partial charge in [-0.2, -0.15) is 59.7 Å². The summed E-state index contributed by atoms with van der Waals surface area (Å²) in [5.41, 5.74) is -2.24. The van der Waals surface area contributed by atoms with E-state index in [-0.39, 0.29) is 69.9 Å². The zero-order chi connectivity index (χ0) is 77.0. The third-order valence-corrected chi connectivity index (χ3v) is 16.4. The average molecular weight is 1560 g/mol. The third kappa shape index (κ3) is 31.8. The number of alkyl halides is 6. The maximum atomic E-state index is 12.8. The van der Waals surface area contributed by atoms with Gasteiger partial charge in [0.05, 0.1) is 91.8 Å². The molecular weight excluding hydrogens is 1490 g/mol. The molecule has 2 unspecified atom stereocenters. The van der Waals surface area contributed by atoms with Crippen LogP contribution in [-0.2, 0) is 77.0 Å². The number of carbonyl (C=O) groups is 5. The number of nitrogens with one attached hydrogen (secondary N) is 5. The molecule has 0 spiro atoms. The van der Waals surface area contributed by atoms with Crippen molar-refractivity contribution in [2.24, 2.45) is 0 Å². The number of aromatic nitrogens is 6. The van der Waals surface area contributed by atoms with Gasteiger partial charge in [-0.25, -0.2) is 50.4 Å². The minimum atomic E-state index is -4.61. The molecule has 3 aromatic carbocycles. The number of hydrogen-bond acceptors (Lipinski definition) is 28. The molecule has 6 rings (SSSR count). The summed E-state index contributed by atoms with van der Waals surface area (Å²) in [6.45, 7) is 5.19. The number of benzene rings is 3. The fourth-order valence-corrected chi connectivity index (χ4v) is 11.1. The number of anilines is 2. The number of sulfonamides is 2. The second kappa shape index (κ2) is 39.6. The SMILES string of the molecule is CCOC(=O)C(C)OC(=O)c1cc(Oc2ccc(C(F)(F)F)cc2Cl)ccc1[N+](=O)[O-].CCS(=O)(=O)c1cccnc1S(=O)(=O)NC(=O)Nc1nc(OC)cc(OC)n1.COc1nc(C)nc(NC(=O)NS(=O)(=O)c2ccccc2CCC(F)(F)F)n1.C[S+](C)C.O=C(O)CNCP(=O)([O-])O. The number of urea groups is 2. The van der Waals surface area contributed by atoms with Crippen LogP contribution in [0.1, 0.15) is 54.5 Å². The molecule has 3 heterocycles. The number of carboxylic acid groups (broad SMARTS) is 1. The molecule has 0 fully saturated rings. The Labute approximate surface area is 579 Å². The Morgan fingerprint density at radius 1 is 0.772 bits per heavy atom. The summed E-state index contributed by atoms with van der Waals surface area (Å²) in [4.78, 5) is 108. The molecule has 0 aliphatic heterocycles. The normalized spacial score (nSPS) is 12.1. The summed E-state index contributed by atoms with van der Waals surface area (Å²) >= 11 is 5.83. The van der Waals surface area contributed by atoms with E-state index in [4.69, 9.17) is 50.0 Å². The highest BCUT2D eigenvalue weighted by atomic mass is 35.5. The van der Waals surface area contributed by atoms with Crippen LogP contribution in [0.4, 0.5) is 53.5 Å². The molecule has 35 nitrogen and oxygen atoms in total. The number of ether oxygens (including phenoxy) is 6. The number of carboxylic acids is 1. The number of rotatable bonds is 24. The van der Waals surface area contributed by atoms with Gasteiger partial charge in [0, 0.05) is 24.8 Å². The number of sulfone groups is 1. The van der Waals surface area contributed by atoms with Crippen LogP contribution in [0.3, 0.4) is 0 Å². The lowest BCUT2D eigenvalue weighted by Gasteiger charge is -2.14. The number of hydrogen-bond donors (Lipinski definition) is 7. The van der Waals surface area contributed by atoms with Gasteiger partial charge >= 0.3 is 48.3 Å². The van der Waals surface area contributed by atoms with Crippen LogP contribution in [0, 0.1) is 17.0 Å². The fourth-order valence-electron chi connectivity index (χ4n) is 6.72. The molecule has 0 saturated heterocycles. The fraction of sp³-hybridized carbons (Fsp3) is 0.352. The Bertz CT molecular complexity index is 4260. The van der Waals surface area contributed by atoms with Gasteiger partial charge in [-0.05, 0) is 86.1 Å². The largest absolute Gasteiger partial charge is 0.778 e. The number of nitrogens with zero attached hydrogens (tertiary/aromatic N) is 7. The molecule has 0 bridgehead atoms. The Morgan fingerprint density at radius 2 is 1.34 bits per heavy atom. The summed E-state index contributed by atoms with van der Waals surface area (Å²) in [6, 6.07) is 11.7. The van der Waals surface area contributed by atoms with Gasteiger partial charge in [0.1, 0.15) is 35.4 Å². The van der Waals surface area contributed by atoms with Crippen molar-refractivity contribution in [1.82, 2.24) is 44.7 Å². The van der Waals surface area contributed by atoms with Gasteiger partial charge < -0.3 is 47.9 Å². The van der Waals surface area contributed by atoms with Crippen molar-refractivity contribution in [3.63, 3.8) is 0 Å². The predicted octanol–water partition coefficient (Wildman–Crippen LogP) is 6.21. The van der Waals surface area contributed by atoms with Crippen LogP contribution in [0.5, 0.6) is 29.3 Å². The number of aliphatic carboxylic acids is 1. The molecule has 0 aliphatic rings.